The summed E-state index contributed by atoms with van der Waals surface area (Å²) in [5, 5.41) is 7.31. The smallest absolute Gasteiger partial charge is 0.275 e. The van der Waals surface area contributed by atoms with Crippen molar-refractivity contribution in [1.29, 1.82) is 0 Å². The number of aromatic nitrogens is 4. The molecule has 0 unspecified atom stereocenters. The van der Waals surface area contributed by atoms with E-state index in [4.69, 9.17) is 4.74 Å². The number of nitrogens with zero attached hydrogens (tertiary/aromatic N) is 4. The highest BCUT2D eigenvalue weighted by atomic mass is 79.9. The van der Waals surface area contributed by atoms with Gasteiger partial charge < -0.3 is 4.74 Å². The lowest BCUT2D eigenvalue weighted by Gasteiger charge is -2.10. The van der Waals surface area contributed by atoms with Gasteiger partial charge in [-0.2, -0.15) is 0 Å². The van der Waals surface area contributed by atoms with Gasteiger partial charge in [0.1, 0.15) is 6.54 Å². The Labute approximate surface area is 148 Å². The second-order valence-electron chi connectivity index (χ2n) is 4.94. The number of nitrogens with one attached hydrogen (secondary N) is 1. The van der Waals surface area contributed by atoms with Crippen LogP contribution in [-0.2, 0) is 11.3 Å². The fourth-order valence-electron chi connectivity index (χ4n) is 2.16. The predicted octanol–water partition coefficient (Wildman–Crippen LogP) is 1.74. The van der Waals surface area contributed by atoms with E-state index in [9.17, 15) is 14.0 Å². The monoisotopic (exact) mass is 407 g/mol. The van der Waals surface area contributed by atoms with Crippen molar-refractivity contribution in [2.75, 3.05) is 12.4 Å². The molecule has 25 heavy (non-hydrogen) atoms. The molecule has 1 aromatic carbocycles. The summed E-state index contributed by atoms with van der Waals surface area (Å²) in [7, 11) is 1.42. The fourth-order valence-corrected chi connectivity index (χ4v) is 2.52. The number of carbonyl (C=O) groups excluding carboxylic acids is 1. The number of halogens is 2. The average molecular weight is 408 g/mol. The molecule has 3 aromatic rings. The molecule has 2 aromatic heterocycles. The molecule has 0 spiro atoms. The largest absolute Gasteiger partial charge is 0.480 e. The summed E-state index contributed by atoms with van der Waals surface area (Å²) in [5.74, 6) is -1.07. The van der Waals surface area contributed by atoms with Crippen LogP contribution in [0.25, 0.3) is 10.8 Å². The standard InChI is InChI=1S/C15H11BrFN5O3/c1-25-13-11-4-8(16)2-3-10(11)14(24)22(21-13)7-12(23)20-15-18-5-9(17)6-19-15/h2-6H,7H2,1H3,(H,18,19,20,23). The molecule has 0 aliphatic carbocycles. The predicted molar refractivity (Wildman–Crippen MR) is 90.9 cm³/mol. The Morgan fingerprint density at radius 1 is 1.32 bits per heavy atom. The van der Waals surface area contributed by atoms with Crippen molar-refractivity contribution < 1.29 is 13.9 Å². The molecule has 0 aliphatic heterocycles. The summed E-state index contributed by atoms with van der Waals surface area (Å²) in [6.07, 6.45) is 1.84. The lowest BCUT2D eigenvalue weighted by atomic mass is 10.2. The number of hydrogen-bond donors (Lipinski definition) is 1. The maximum Gasteiger partial charge on any atom is 0.275 e. The van der Waals surface area contributed by atoms with E-state index in [2.05, 4.69) is 36.3 Å². The first-order valence-corrected chi connectivity index (χ1v) is 7.79. The van der Waals surface area contributed by atoms with Crippen molar-refractivity contribution in [2.45, 2.75) is 6.54 Å². The van der Waals surface area contributed by atoms with Crippen molar-refractivity contribution >= 4 is 38.6 Å². The van der Waals surface area contributed by atoms with Crippen LogP contribution in [0.15, 0.2) is 39.9 Å². The zero-order valence-electron chi connectivity index (χ0n) is 12.9. The van der Waals surface area contributed by atoms with Gasteiger partial charge in [-0.1, -0.05) is 15.9 Å². The maximum absolute atomic E-state index is 12.8. The molecule has 0 fully saturated rings. The number of fused-ring (bicyclic) bond motifs is 1. The SMILES string of the molecule is COc1nn(CC(=O)Nc2ncc(F)cn2)c(=O)c2ccc(Br)cc12. The molecule has 0 saturated carbocycles. The summed E-state index contributed by atoms with van der Waals surface area (Å²) in [6.45, 7) is -0.373. The molecule has 0 aliphatic rings. The Morgan fingerprint density at radius 2 is 2.04 bits per heavy atom. The molecule has 1 amide bonds. The number of hydrogen-bond acceptors (Lipinski definition) is 6. The van der Waals surface area contributed by atoms with E-state index >= 15 is 0 Å². The molecule has 0 radical (unpaired) electrons. The third-order valence-corrected chi connectivity index (χ3v) is 3.74. The lowest BCUT2D eigenvalue weighted by molar-refractivity contribution is -0.117. The van der Waals surface area contributed by atoms with E-state index < -0.39 is 17.3 Å². The summed E-state index contributed by atoms with van der Waals surface area (Å²) in [5.41, 5.74) is -0.446. The van der Waals surface area contributed by atoms with Gasteiger partial charge in [-0.15, -0.1) is 5.10 Å². The highest BCUT2D eigenvalue weighted by molar-refractivity contribution is 9.10. The van der Waals surface area contributed by atoms with E-state index in [0.717, 1.165) is 21.5 Å². The van der Waals surface area contributed by atoms with Gasteiger partial charge in [-0.3, -0.25) is 14.9 Å². The summed E-state index contributed by atoms with van der Waals surface area (Å²) in [4.78, 5) is 31.8. The first-order valence-electron chi connectivity index (χ1n) is 6.99. The van der Waals surface area contributed by atoms with Gasteiger partial charge in [0.25, 0.3) is 5.56 Å². The number of carbonyl (C=O) groups is 1. The molecule has 3 rings (SSSR count). The van der Waals surface area contributed by atoms with Crippen molar-refractivity contribution in [3.8, 4) is 5.88 Å². The van der Waals surface area contributed by atoms with Crippen LogP contribution in [-0.4, -0.2) is 32.8 Å². The van der Waals surface area contributed by atoms with Gasteiger partial charge >= 0.3 is 0 Å². The number of rotatable bonds is 4. The summed E-state index contributed by atoms with van der Waals surface area (Å²) >= 11 is 3.32. The summed E-state index contributed by atoms with van der Waals surface area (Å²) < 4.78 is 19.7. The van der Waals surface area contributed by atoms with Crippen LogP contribution in [0.1, 0.15) is 0 Å². The summed E-state index contributed by atoms with van der Waals surface area (Å²) in [6, 6.07) is 5.03. The fraction of sp³-hybridized carbons (Fsp3) is 0.133. The zero-order valence-corrected chi connectivity index (χ0v) is 14.4. The van der Waals surface area contributed by atoms with Crippen LogP contribution in [0.4, 0.5) is 10.3 Å². The first-order chi connectivity index (χ1) is 12.0. The lowest BCUT2D eigenvalue weighted by Crippen LogP contribution is -2.30. The Balaban J connectivity index is 1.91. The molecule has 8 nitrogen and oxygen atoms in total. The van der Waals surface area contributed by atoms with E-state index in [-0.39, 0.29) is 18.4 Å². The Kier molecular flexibility index (Phi) is 4.70. The van der Waals surface area contributed by atoms with Crippen LogP contribution in [0, 0.1) is 5.82 Å². The highest BCUT2D eigenvalue weighted by Gasteiger charge is 2.14. The number of ether oxygens (including phenoxy) is 1. The molecule has 10 heteroatoms. The molecule has 1 N–H and O–H groups in total. The van der Waals surface area contributed by atoms with E-state index in [0.29, 0.717) is 10.8 Å². The quantitative estimate of drug-likeness (QED) is 0.706. The third kappa shape index (κ3) is 3.63. The van der Waals surface area contributed by atoms with Crippen molar-refractivity contribution in [1.82, 2.24) is 19.7 Å². The van der Waals surface area contributed by atoms with E-state index in [1.54, 1.807) is 18.2 Å². The van der Waals surface area contributed by atoms with Crippen LogP contribution >= 0.6 is 15.9 Å². The van der Waals surface area contributed by atoms with Crippen molar-refractivity contribution in [2.24, 2.45) is 0 Å². The Hall–Kier alpha value is -2.88. The molecule has 0 bridgehead atoms. The molecular weight excluding hydrogens is 397 g/mol. The second-order valence-corrected chi connectivity index (χ2v) is 5.85. The topological polar surface area (TPSA) is 99.0 Å². The van der Waals surface area contributed by atoms with Gasteiger partial charge in [0.05, 0.1) is 30.3 Å². The van der Waals surface area contributed by atoms with Crippen molar-refractivity contribution in [3.63, 3.8) is 0 Å². The number of methoxy groups -OCH3 is 1. The normalized spacial score (nSPS) is 10.7. The van der Waals surface area contributed by atoms with Gasteiger partial charge in [-0.05, 0) is 18.2 Å². The van der Waals surface area contributed by atoms with E-state index in [1.165, 1.54) is 7.11 Å². The minimum Gasteiger partial charge on any atom is -0.480 e. The van der Waals surface area contributed by atoms with Gasteiger partial charge in [0.2, 0.25) is 17.7 Å². The van der Waals surface area contributed by atoms with Gasteiger partial charge in [0.15, 0.2) is 5.82 Å². The van der Waals surface area contributed by atoms with Gasteiger partial charge in [-0.25, -0.2) is 19.0 Å². The van der Waals surface area contributed by atoms with Crippen LogP contribution in [0.5, 0.6) is 5.88 Å². The molecule has 2 heterocycles. The Morgan fingerprint density at radius 3 is 2.72 bits per heavy atom. The number of anilines is 1. The van der Waals surface area contributed by atoms with Crippen molar-refractivity contribution in [3.05, 3.63) is 51.2 Å². The maximum atomic E-state index is 12.8. The molecule has 0 atom stereocenters. The van der Waals surface area contributed by atoms with Crippen LogP contribution in [0.3, 0.4) is 0 Å². The number of amides is 1. The average Bonchev–Trinajstić information content (AvgIpc) is 2.59. The molecule has 128 valence electrons. The highest BCUT2D eigenvalue weighted by Crippen LogP contribution is 2.23. The molecular formula is C15H11BrFN5O3. The first kappa shape index (κ1) is 17.0. The Bertz CT molecular complexity index is 1010. The number of benzene rings is 1. The minimum absolute atomic E-state index is 0.0730. The van der Waals surface area contributed by atoms with Gasteiger partial charge in [0, 0.05) is 4.47 Å². The zero-order chi connectivity index (χ0) is 18.0. The van der Waals surface area contributed by atoms with Crippen LogP contribution < -0.4 is 15.6 Å². The third-order valence-electron chi connectivity index (χ3n) is 3.25. The van der Waals surface area contributed by atoms with Crippen LogP contribution in [0.2, 0.25) is 0 Å². The minimum atomic E-state index is -0.624. The molecule has 0 saturated heterocycles. The second kappa shape index (κ2) is 6.93. The van der Waals surface area contributed by atoms with E-state index in [1.807, 2.05) is 0 Å².